The molecule has 0 amide bonds. The number of carboxylic acids is 1. The number of sulfonamides is 1. The van der Waals surface area contributed by atoms with Crippen molar-refractivity contribution in [3.05, 3.63) is 71.9 Å². The van der Waals surface area contributed by atoms with Gasteiger partial charge < -0.3 is 10.2 Å². The third-order valence-electron chi connectivity index (χ3n) is 5.60. The smallest absolute Gasteiger partial charge is 0.307 e. The van der Waals surface area contributed by atoms with Crippen molar-refractivity contribution in [2.45, 2.75) is 29.8 Å². The fraction of sp³-hybridized carbons (Fsp3) is 0.273. The molecule has 1 aromatic heterocycles. The van der Waals surface area contributed by atoms with Crippen LogP contribution in [0.1, 0.15) is 24.0 Å². The molecule has 3 aromatic rings. The van der Waals surface area contributed by atoms with Crippen LogP contribution in [-0.2, 0) is 26.8 Å². The fourth-order valence-electron chi connectivity index (χ4n) is 3.96. The molecule has 1 fully saturated rings. The maximum absolute atomic E-state index is 13.3. The van der Waals surface area contributed by atoms with E-state index in [0.29, 0.717) is 22.0 Å². The Morgan fingerprint density at radius 2 is 1.80 bits per heavy atom. The Hall–Kier alpha value is -2.81. The molecule has 2 N–H and O–H groups in total. The van der Waals surface area contributed by atoms with Crippen molar-refractivity contribution in [1.29, 1.82) is 0 Å². The first-order valence-corrected chi connectivity index (χ1v) is 11.1. The number of hydrogen-bond donors (Lipinski definition) is 2. The van der Waals surface area contributed by atoms with E-state index in [1.54, 1.807) is 42.5 Å². The number of aliphatic carboxylic acids is 1. The number of benzene rings is 2. The summed E-state index contributed by atoms with van der Waals surface area (Å²) in [4.78, 5) is 15.4. The van der Waals surface area contributed by atoms with Crippen molar-refractivity contribution in [3.63, 3.8) is 0 Å². The molecular weight excluding hydrogens is 404 g/mol. The number of aliphatic hydroxyl groups is 1. The predicted molar refractivity (Wildman–Crippen MR) is 111 cm³/mol. The molecular formula is C22H22N2O5S. The van der Waals surface area contributed by atoms with Crippen LogP contribution in [0.3, 0.4) is 0 Å². The van der Waals surface area contributed by atoms with E-state index in [0.717, 1.165) is 0 Å². The SMILES string of the molecule is O=C(O)Cc1cccc(C2(O)CCN(S(=O)(=O)c3ccnc4ccccc34)CC2)c1. The summed E-state index contributed by atoms with van der Waals surface area (Å²) in [6.07, 6.45) is 1.82. The first kappa shape index (κ1) is 20.5. The Morgan fingerprint density at radius 3 is 2.53 bits per heavy atom. The van der Waals surface area contributed by atoms with Crippen molar-refractivity contribution in [2.24, 2.45) is 0 Å². The molecule has 8 heteroatoms. The lowest BCUT2D eigenvalue weighted by molar-refractivity contribution is -0.136. The van der Waals surface area contributed by atoms with Gasteiger partial charge in [0.15, 0.2) is 0 Å². The van der Waals surface area contributed by atoms with Crippen molar-refractivity contribution in [3.8, 4) is 0 Å². The summed E-state index contributed by atoms with van der Waals surface area (Å²) in [5.74, 6) is -0.940. The highest BCUT2D eigenvalue weighted by atomic mass is 32.2. The monoisotopic (exact) mass is 426 g/mol. The standard InChI is InChI=1S/C22H22N2O5S/c25-21(26)15-16-4-3-5-17(14-16)22(27)9-12-24(13-10-22)30(28,29)20-8-11-23-19-7-2-1-6-18(19)20/h1-8,11,14,27H,9-10,12-13,15H2,(H,25,26). The van der Waals surface area contributed by atoms with Gasteiger partial charge in [-0.1, -0.05) is 42.5 Å². The third-order valence-corrected chi connectivity index (χ3v) is 7.55. The Morgan fingerprint density at radius 1 is 1.07 bits per heavy atom. The molecule has 0 atom stereocenters. The summed E-state index contributed by atoms with van der Waals surface area (Å²) < 4.78 is 27.9. The number of hydrogen-bond acceptors (Lipinski definition) is 5. The van der Waals surface area contributed by atoms with Gasteiger partial charge in [0, 0.05) is 24.7 Å². The van der Waals surface area contributed by atoms with Crippen molar-refractivity contribution >= 4 is 26.9 Å². The lowest BCUT2D eigenvalue weighted by Gasteiger charge is -2.38. The second-order valence-electron chi connectivity index (χ2n) is 7.53. The highest BCUT2D eigenvalue weighted by molar-refractivity contribution is 7.89. The van der Waals surface area contributed by atoms with Gasteiger partial charge in [-0.2, -0.15) is 4.31 Å². The molecule has 1 aliphatic rings. The molecule has 1 saturated heterocycles. The van der Waals surface area contributed by atoms with E-state index in [9.17, 15) is 18.3 Å². The highest BCUT2D eigenvalue weighted by Gasteiger charge is 2.38. The Kier molecular flexibility index (Phi) is 5.31. The van der Waals surface area contributed by atoms with Crippen LogP contribution in [0.5, 0.6) is 0 Å². The largest absolute Gasteiger partial charge is 0.481 e. The van der Waals surface area contributed by atoms with E-state index in [4.69, 9.17) is 5.11 Å². The molecule has 0 aliphatic carbocycles. The topological polar surface area (TPSA) is 108 Å². The number of carboxylic acid groups (broad SMARTS) is 1. The van der Waals surface area contributed by atoms with Gasteiger partial charge in [0.2, 0.25) is 10.0 Å². The van der Waals surface area contributed by atoms with E-state index in [-0.39, 0.29) is 37.2 Å². The molecule has 0 saturated carbocycles. The second kappa shape index (κ2) is 7.79. The van der Waals surface area contributed by atoms with Crippen LogP contribution in [0.15, 0.2) is 65.7 Å². The van der Waals surface area contributed by atoms with Crippen molar-refractivity contribution < 1.29 is 23.4 Å². The van der Waals surface area contributed by atoms with Crippen LogP contribution >= 0.6 is 0 Å². The average Bonchev–Trinajstić information content (AvgIpc) is 2.73. The predicted octanol–water partition coefficient (Wildman–Crippen LogP) is 2.53. The van der Waals surface area contributed by atoms with Crippen LogP contribution in [-0.4, -0.2) is 47.0 Å². The zero-order valence-corrected chi connectivity index (χ0v) is 17.0. The minimum Gasteiger partial charge on any atom is -0.481 e. The summed E-state index contributed by atoms with van der Waals surface area (Å²) in [6.45, 7) is 0.331. The lowest BCUT2D eigenvalue weighted by atomic mass is 9.84. The summed E-state index contributed by atoms with van der Waals surface area (Å²) in [5, 5.41) is 20.7. The molecule has 2 heterocycles. The minimum absolute atomic E-state index is 0.125. The molecule has 0 spiro atoms. The van der Waals surface area contributed by atoms with Gasteiger partial charge in [-0.15, -0.1) is 0 Å². The minimum atomic E-state index is -3.74. The molecule has 7 nitrogen and oxygen atoms in total. The van der Waals surface area contributed by atoms with Crippen molar-refractivity contribution in [2.75, 3.05) is 13.1 Å². The number of rotatable bonds is 5. The fourth-order valence-corrected chi connectivity index (χ4v) is 5.59. The van der Waals surface area contributed by atoms with Gasteiger partial charge in [-0.05, 0) is 36.1 Å². The molecule has 0 bridgehead atoms. The van der Waals surface area contributed by atoms with E-state index in [1.807, 2.05) is 6.07 Å². The number of piperidine rings is 1. The van der Waals surface area contributed by atoms with Crippen LogP contribution in [0.25, 0.3) is 10.9 Å². The summed E-state index contributed by atoms with van der Waals surface area (Å²) in [5.41, 5.74) is 0.641. The third kappa shape index (κ3) is 3.81. The second-order valence-corrected chi connectivity index (χ2v) is 9.44. The van der Waals surface area contributed by atoms with Gasteiger partial charge >= 0.3 is 5.97 Å². The van der Waals surface area contributed by atoms with Gasteiger partial charge in [0.05, 0.1) is 22.4 Å². The van der Waals surface area contributed by atoms with Gasteiger partial charge in [-0.3, -0.25) is 9.78 Å². The lowest BCUT2D eigenvalue weighted by Crippen LogP contribution is -2.45. The van der Waals surface area contributed by atoms with E-state index in [1.165, 1.54) is 16.6 Å². The van der Waals surface area contributed by atoms with Crippen LogP contribution in [0.2, 0.25) is 0 Å². The van der Waals surface area contributed by atoms with E-state index < -0.39 is 21.6 Å². The Bertz CT molecular complexity index is 1200. The number of pyridine rings is 1. The summed E-state index contributed by atoms with van der Waals surface area (Å²) >= 11 is 0. The normalized spacial score (nSPS) is 17.1. The Labute approximate surface area is 174 Å². The van der Waals surface area contributed by atoms with Crippen LogP contribution < -0.4 is 0 Å². The number of aromatic nitrogens is 1. The first-order valence-electron chi connectivity index (χ1n) is 9.67. The molecule has 1 aliphatic heterocycles. The average molecular weight is 426 g/mol. The van der Waals surface area contributed by atoms with Crippen LogP contribution in [0.4, 0.5) is 0 Å². The number of fused-ring (bicyclic) bond motifs is 1. The van der Waals surface area contributed by atoms with Gasteiger partial charge in [0.1, 0.15) is 0 Å². The maximum atomic E-state index is 13.3. The molecule has 0 unspecified atom stereocenters. The Balaban J connectivity index is 1.57. The zero-order chi connectivity index (χ0) is 21.4. The summed E-state index contributed by atoms with van der Waals surface area (Å²) in [7, 11) is -3.74. The summed E-state index contributed by atoms with van der Waals surface area (Å²) in [6, 6.07) is 15.5. The molecule has 156 valence electrons. The zero-order valence-electron chi connectivity index (χ0n) is 16.2. The number of carbonyl (C=O) groups is 1. The van der Waals surface area contributed by atoms with Crippen LogP contribution in [0, 0.1) is 0 Å². The molecule has 30 heavy (non-hydrogen) atoms. The van der Waals surface area contributed by atoms with Gasteiger partial charge in [-0.25, -0.2) is 8.42 Å². The molecule has 4 rings (SSSR count). The first-order chi connectivity index (χ1) is 14.3. The van der Waals surface area contributed by atoms with E-state index in [2.05, 4.69) is 4.98 Å². The molecule has 2 aromatic carbocycles. The number of nitrogens with zero attached hydrogens (tertiary/aromatic N) is 2. The van der Waals surface area contributed by atoms with Crippen molar-refractivity contribution in [1.82, 2.24) is 9.29 Å². The number of para-hydroxylation sites is 1. The molecule has 0 radical (unpaired) electrons. The quantitative estimate of drug-likeness (QED) is 0.649. The maximum Gasteiger partial charge on any atom is 0.307 e. The van der Waals surface area contributed by atoms with Gasteiger partial charge in [0.25, 0.3) is 0 Å². The highest BCUT2D eigenvalue weighted by Crippen LogP contribution is 2.36. The van der Waals surface area contributed by atoms with E-state index >= 15 is 0 Å².